The molecule has 0 unspecified atom stereocenters. The van der Waals surface area contributed by atoms with E-state index in [2.05, 4.69) is 90.4 Å². The lowest BCUT2D eigenvalue weighted by Gasteiger charge is -2.15. The number of hydrogen-bond acceptors (Lipinski definition) is 0. The summed E-state index contributed by atoms with van der Waals surface area (Å²) in [4.78, 5) is 0. The number of rotatable bonds is 5. The Balaban J connectivity index is 2.14. The predicted molar refractivity (Wildman–Crippen MR) is 130 cm³/mol. The van der Waals surface area contributed by atoms with Crippen LogP contribution in [0, 0.1) is 32.6 Å². The van der Waals surface area contributed by atoms with Gasteiger partial charge in [-0.15, -0.1) is 0 Å². The molecule has 0 radical (unpaired) electrons. The van der Waals surface area contributed by atoms with Crippen LogP contribution >= 0.6 is 0 Å². The Kier molecular flexibility index (Phi) is 5.01. The fourth-order valence-electron chi connectivity index (χ4n) is 5.11. The highest BCUT2D eigenvalue weighted by Crippen LogP contribution is 2.47. The molecule has 1 aliphatic carbocycles. The average Bonchev–Trinajstić information content (AvgIpc) is 2.96. The maximum atomic E-state index is 8.72. The van der Waals surface area contributed by atoms with Crippen LogP contribution in [-0.2, 0) is 13.5 Å². The molecule has 4 rings (SSSR count). The highest BCUT2D eigenvalue weighted by Gasteiger charge is 2.33. The van der Waals surface area contributed by atoms with Crippen LogP contribution in [0.4, 0.5) is 0 Å². The van der Waals surface area contributed by atoms with Crippen molar-refractivity contribution in [2.75, 3.05) is 0 Å². The van der Waals surface area contributed by atoms with Gasteiger partial charge in [-0.2, -0.15) is 0 Å². The molecular weight excluding hydrogens is 362 g/mol. The molecule has 0 aliphatic heterocycles. The van der Waals surface area contributed by atoms with E-state index in [9.17, 15) is 0 Å². The molecule has 0 N–H and O–H groups in total. The predicted octanol–water partition coefficient (Wildman–Crippen LogP) is 7.11. The molecule has 1 aromatic heterocycles. The molecule has 0 amide bonds. The summed E-state index contributed by atoms with van der Waals surface area (Å²) in [5, 5.41) is 2.54. The second-order valence-electron chi connectivity index (χ2n) is 10.1. The Labute approximate surface area is 183 Å². The van der Waals surface area contributed by atoms with Crippen molar-refractivity contribution < 1.29 is 5.94 Å². The summed E-state index contributed by atoms with van der Waals surface area (Å²) in [5.41, 5.74) is 12.1. The van der Waals surface area contributed by atoms with E-state index in [0.717, 1.165) is 12.8 Å². The lowest BCUT2D eigenvalue weighted by molar-refractivity contribution is -0.672. The molecule has 1 nitrogen and oxygen atoms in total. The van der Waals surface area contributed by atoms with Gasteiger partial charge in [0.25, 0.3) is 0 Å². The first-order valence-corrected chi connectivity index (χ1v) is 11.4. The van der Waals surface area contributed by atoms with Crippen molar-refractivity contribution in [1.82, 2.24) is 0 Å². The molecule has 1 heteroatoms. The van der Waals surface area contributed by atoms with E-state index in [4.69, 9.17) is 1.37 Å². The first-order chi connectivity index (χ1) is 14.6. The van der Waals surface area contributed by atoms with Gasteiger partial charge in [0.1, 0.15) is 8.42 Å². The van der Waals surface area contributed by atoms with Crippen molar-refractivity contribution in [3.05, 3.63) is 75.6 Å². The number of allylic oxidation sites excluding steroid dienone is 1. The Bertz CT molecular complexity index is 1230. The highest BCUT2D eigenvalue weighted by molar-refractivity contribution is 6.16. The summed E-state index contributed by atoms with van der Waals surface area (Å²) >= 11 is 0. The quantitative estimate of drug-likeness (QED) is 0.403. The van der Waals surface area contributed by atoms with Gasteiger partial charge < -0.3 is 0 Å². The van der Waals surface area contributed by atoms with E-state index >= 15 is 0 Å². The summed E-state index contributed by atoms with van der Waals surface area (Å²) in [6.07, 6.45) is 2.68. The summed E-state index contributed by atoms with van der Waals surface area (Å²) < 4.78 is 10.8. The van der Waals surface area contributed by atoms with Gasteiger partial charge in [0.2, 0.25) is 5.69 Å². The Morgan fingerprint density at radius 1 is 0.900 bits per heavy atom. The molecule has 0 spiro atoms. The first-order valence-electron chi connectivity index (χ1n) is 11.9. The third kappa shape index (κ3) is 3.49. The SMILES string of the molecule is [2H]c1cc2cc(CC(C)C)cc3c2c([n+]1C)C(c1cc(C)cc(C)c1C)=C3CC(C)C. The van der Waals surface area contributed by atoms with E-state index in [-0.39, 0.29) is 0 Å². The molecule has 0 fully saturated rings. The van der Waals surface area contributed by atoms with E-state index in [1.54, 1.807) is 0 Å². The molecule has 1 aliphatic rings. The van der Waals surface area contributed by atoms with Crippen molar-refractivity contribution in [3.8, 4) is 0 Å². The highest BCUT2D eigenvalue weighted by atomic mass is 14.9. The van der Waals surface area contributed by atoms with Crippen molar-refractivity contribution in [2.45, 2.75) is 61.3 Å². The van der Waals surface area contributed by atoms with Gasteiger partial charge in [0.05, 0.1) is 11.0 Å². The summed E-state index contributed by atoms with van der Waals surface area (Å²) in [5.74, 6) is 1.18. The number of nitrogens with zero attached hydrogens (tertiary/aromatic N) is 1. The molecule has 0 bridgehead atoms. The minimum Gasteiger partial charge on any atom is -0.200 e. The van der Waals surface area contributed by atoms with Gasteiger partial charge in [-0.25, -0.2) is 4.57 Å². The zero-order valence-electron chi connectivity index (χ0n) is 20.9. The number of pyridine rings is 1. The zero-order chi connectivity index (χ0) is 22.6. The zero-order valence-corrected chi connectivity index (χ0v) is 19.9. The van der Waals surface area contributed by atoms with Gasteiger partial charge in [0.15, 0.2) is 6.17 Å². The topological polar surface area (TPSA) is 3.88 Å². The van der Waals surface area contributed by atoms with Crippen LogP contribution < -0.4 is 4.57 Å². The molecule has 0 atom stereocenters. The van der Waals surface area contributed by atoms with Crippen molar-refractivity contribution >= 4 is 21.9 Å². The molecular formula is C29H36N+. The monoisotopic (exact) mass is 399 g/mol. The first kappa shape index (κ1) is 19.5. The summed E-state index contributed by atoms with van der Waals surface area (Å²) in [6, 6.07) is 11.4. The van der Waals surface area contributed by atoms with Crippen LogP contribution in [0.3, 0.4) is 0 Å². The maximum Gasteiger partial charge on any atom is 0.221 e. The minimum absolute atomic E-state index is 0.565. The van der Waals surface area contributed by atoms with E-state index < -0.39 is 0 Å². The molecule has 156 valence electrons. The van der Waals surface area contributed by atoms with Crippen LogP contribution in [-0.4, -0.2) is 0 Å². The number of aromatic nitrogens is 1. The number of aryl methyl sites for hydroxylation is 2. The van der Waals surface area contributed by atoms with Gasteiger partial charge in [-0.1, -0.05) is 57.5 Å². The van der Waals surface area contributed by atoms with Crippen LogP contribution in [0.5, 0.6) is 0 Å². The number of hydrogen-bond donors (Lipinski definition) is 0. The number of benzene rings is 2. The largest absolute Gasteiger partial charge is 0.221 e. The van der Waals surface area contributed by atoms with Gasteiger partial charge in [0, 0.05) is 6.07 Å². The molecule has 2 aromatic carbocycles. The maximum absolute atomic E-state index is 8.72. The van der Waals surface area contributed by atoms with Gasteiger partial charge in [-0.05, 0) is 84.2 Å². The lowest BCUT2D eigenvalue weighted by atomic mass is 9.88. The Morgan fingerprint density at radius 3 is 2.27 bits per heavy atom. The van der Waals surface area contributed by atoms with Crippen molar-refractivity contribution in [2.24, 2.45) is 18.9 Å². The van der Waals surface area contributed by atoms with E-state index in [1.807, 2.05) is 0 Å². The van der Waals surface area contributed by atoms with Gasteiger partial charge in [-0.3, -0.25) is 0 Å². The van der Waals surface area contributed by atoms with Crippen LogP contribution in [0.15, 0.2) is 36.5 Å². The standard InChI is InChI=1S/C29H36N/c1-17(2)11-22-15-23-9-10-30(8)29-27(23)26(16-22)25(12-18(3)4)28(29)24-14-19(5)13-20(6)21(24)7/h9-10,13-18H,11-12H2,1-8H3/q+1/i10D. The Morgan fingerprint density at radius 2 is 1.60 bits per heavy atom. The van der Waals surface area contributed by atoms with Gasteiger partial charge >= 0.3 is 0 Å². The average molecular weight is 400 g/mol. The second-order valence-corrected chi connectivity index (χ2v) is 10.1. The molecule has 3 aromatic rings. The molecule has 0 saturated heterocycles. The normalized spacial score (nSPS) is 13.9. The fourth-order valence-corrected chi connectivity index (χ4v) is 5.11. The molecule has 0 saturated carbocycles. The third-order valence-electron chi connectivity index (χ3n) is 6.42. The Hall–Kier alpha value is -2.41. The summed E-state index contributed by atoms with van der Waals surface area (Å²) in [7, 11) is 2.05. The van der Waals surface area contributed by atoms with Crippen LogP contribution in [0.25, 0.3) is 21.9 Å². The van der Waals surface area contributed by atoms with E-state index in [0.29, 0.717) is 18.0 Å². The molecule has 30 heavy (non-hydrogen) atoms. The van der Waals surface area contributed by atoms with Crippen molar-refractivity contribution in [3.63, 3.8) is 0 Å². The smallest absolute Gasteiger partial charge is 0.200 e. The lowest BCUT2D eigenvalue weighted by Crippen LogP contribution is -2.32. The third-order valence-corrected chi connectivity index (χ3v) is 6.42. The van der Waals surface area contributed by atoms with Crippen LogP contribution in [0.1, 0.15) is 74.6 Å². The fraction of sp³-hybridized carbons (Fsp3) is 0.414. The van der Waals surface area contributed by atoms with Crippen molar-refractivity contribution in [1.29, 1.82) is 0 Å². The minimum atomic E-state index is 0.565. The summed E-state index contributed by atoms with van der Waals surface area (Å²) in [6.45, 7) is 15.8. The van der Waals surface area contributed by atoms with E-state index in [1.165, 1.54) is 61.0 Å². The van der Waals surface area contributed by atoms with Crippen LogP contribution in [0.2, 0.25) is 0 Å². The second kappa shape index (κ2) is 7.69. The molecule has 1 heterocycles.